The molecule has 2 N–H and O–H groups in total. The number of hydrogen-bond donors (Lipinski definition) is 2. The van der Waals surface area contributed by atoms with Crippen molar-refractivity contribution in [1.82, 2.24) is 4.90 Å². The molecular formula is C26H30BrFN3O2PS. The van der Waals surface area contributed by atoms with Crippen LogP contribution in [-0.4, -0.2) is 64.2 Å². The van der Waals surface area contributed by atoms with Gasteiger partial charge in [-0.3, -0.25) is 0 Å². The summed E-state index contributed by atoms with van der Waals surface area (Å²) in [5.74, 6) is 7.09. The van der Waals surface area contributed by atoms with E-state index in [0.29, 0.717) is 18.8 Å². The van der Waals surface area contributed by atoms with E-state index in [4.69, 9.17) is 4.74 Å². The Kier molecular flexibility index (Phi) is 8.12. The first-order chi connectivity index (χ1) is 16.7. The molecule has 0 amide bonds. The van der Waals surface area contributed by atoms with Crippen LogP contribution in [0.25, 0.3) is 10.1 Å². The molecule has 0 unspecified atom stereocenters. The molecule has 9 heteroatoms. The standard InChI is InChI=1S/C26H30BrFN3O2PS/c1-31-14-12-20(19(28)16-31)30-22-8-5-7-18-25(27)24(35-26(18)22)9-6-13-29-21-11-10-17(34(3,4)32)15-23(21)33-2/h5,7-8,10-11,15,19-20,29-30H,12-14,16H2,1-4H3/t19-,20+/m1/s1. The van der Waals surface area contributed by atoms with Crippen molar-refractivity contribution < 1.29 is 13.7 Å². The van der Waals surface area contributed by atoms with E-state index < -0.39 is 13.3 Å². The third-order valence-electron chi connectivity index (χ3n) is 6.12. The first-order valence-electron chi connectivity index (χ1n) is 11.4. The van der Waals surface area contributed by atoms with Gasteiger partial charge in [0.15, 0.2) is 0 Å². The molecular weight excluding hydrogens is 548 g/mol. The van der Waals surface area contributed by atoms with Crippen LogP contribution in [0.4, 0.5) is 15.8 Å². The molecule has 0 saturated carbocycles. The monoisotopic (exact) mass is 577 g/mol. The van der Waals surface area contributed by atoms with Crippen molar-refractivity contribution in [2.75, 3.05) is 57.8 Å². The van der Waals surface area contributed by atoms with Crippen molar-refractivity contribution in [3.8, 4) is 17.6 Å². The minimum atomic E-state index is -2.36. The van der Waals surface area contributed by atoms with Gasteiger partial charge in [-0.15, -0.1) is 11.3 Å². The maximum atomic E-state index is 14.6. The molecule has 1 fully saturated rings. The van der Waals surface area contributed by atoms with Gasteiger partial charge < -0.3 is 24.8 Å². The first-order valence-corrected chi connectivity index (χ1v) is 15.6. The predicted molar refractivity (Wildman–Crippen MR) is 151 cm³/mol. The molecule has 1 aliphatic heterocycles. The van der Waals surface area contributed by atoms with E-state index in [1.54, 1.807) is 31.8 Å². The van der Waals surface area contributed by atoms with Crippen LogP contribution in [0, 0.1) is 11.8 Å². The summed E-state index contributed by atoms with van der Waals surface area (Å²) < 4.78 is 34.4. The number of methoxy groups -OCH3 is 1. The summed E-state index contributed by atoms with van der Waals surface area (Å²) in [7, 11) is 1.20. The van der Waals surface area contributed by atoms with Crippen LogP contribution in [-0.2, 0) is 4.57 Å². The number of likely N-dealkylation sites (tertiary alicyclic amines) is 1. The van der Waals surface area contributed by atoms with Crippen molar-refractivity contribution in [2.24, 2.45) is 0 Å². The number of benzene rings is 2. The van der Waals surface area contributed by atoms with Gasteiger partial charge in [0.25, 0.3) is 0 Å². The fourth-order valence-electron chi connectivity index (χ4n) is 4.13. The summed E-state index contributed by atoms with van der Waals surface area (Å²) in [6.45, 7) is 5.25. The van der Waals surface area contributed by atoms with Crippen LogP contribution in [0.3, 0.4) is 0 Å². The van der Waals surface area contributed by atoms with E-state index in [2.05, 4.69) is 44.5 Å². The summed E-state index contributed by atoms with van der Waals surface area (Å²) in [6, 6.07) is 11.4. The lowest BCUT2D eigenvalue weighted by molar-refractivity contribution is 0.149. The van der Waals surface area contributed by atoms with E-state index in [-0.39, 0.29) is 6.04 Å². The zero-order valence-corrected chi connectivity index (χ0v) is 23.6. The van der Waals surface area contributed by atoms with Gasteiger partial charge in [-0.2, -0.15) is 0 Å². The fourth-order valence-corrected chi connectivity index (χ4v) is 6.84. The zero-order chi connectivity index (χ0) is 25.2. The van der Waals surface area contributed by atoms with Gasteiger partial charge >= 0.3 is 0 Å². The molecule has 1 aromatic heterocycles. The number of nitrogens with zero attached hydrogens (tertiary/aromatic N) is 1. The number of ether oxygens (including phenoxy) is 1. The van der Waals surface area contributed by atoms with Gasteiger partial charge in [-0.25, -0.2) is 4.39 Å². The second-order valence-corrected chi connectivity index (χ2v) is 14.2. The summed E-state index contributed by atoms with van der Waals surface area (Å²) >= 11 is 5.31. The molecule has 1 saturated heterocycles. The molecule has 186 valence electrons. The maximum absolute atomic E-state index is 14.6. The molecule has 3 aromatic rings. The number of rotatable bonds is 6. The largest absolute Gasteiger partial charge is 0.495 e. The second-order valence-electron chi connectivity index (χ2n) is 9.14. The molecule has 5 nitrogen and oxygen atoms in total. The van der Waals surface area contributed by atoms with E-state index in [1.807, 2.05) is 42.3 Å². The van der Waals surface area contributed by atoms with E-state index in [1.165, 1.54) is 0 Å². The van der Waals surface area contributed by atoms with Crippen molar-refractivity contribution in [3.05, 3.63) is 45.7 Å². The Balaban J connectivity index is 1.49. The topological polar surface area (TPSA) is 53.6 Å². The molecule has 35 heavy (non-hydrogen) atoms. The molecule has 4 rings (SSSR count). The minimum absolute atomic E-state index is 0.188. The van der Waals surface area contributed by atoms with Crippen molar-refractivity contribution in [1.29, 1.82) is 0 Å². The molecule has 2 atom stereocenters. The second kappa shape index (κ2) is 10.9. The Morgan fingerprint density at radius 3 is 2.80 bits per heavy atom. The van der Waals surface area contributed by atoms with Gasteiger partial charge in [-0.05, 0) is 67.0 Å². The number of halogens is 2. The Hall–Kier alpha value is -2.04. The molecule has 1 aliphatic rings. The van der Waals surface area contributed by atoms with Gasteiger partial charge in [-0.1, -0.05) is 24.0 Å². The summed E-state index contributed by atoms with van der Waals surface area (Å²) in [4.78, 5) is 2.96. The van der Waals surface area contributed by atoms with Gasteiger partial charge in [0.1, 0.15) is 19.1 Å². The quantitative estimate of drug-likeness (QED) is 0.285. The number of nitrogens with one attached hydrogen (secondary N) is 2. The summed E-state index contributed by atoms with van der Waals surface area (Å²) in [6.07, 6.45) is -0.123. The number of hydrogen-bond acceptors (Lipinski definition) is 6. The number of anilines is 2. The van der Waals surface area contributed by atoms with Crippen LogP contribution in [0.15, 0.2) is 40.9 Å². The first kappa shape index (κ1) is 26.0. The van der Waals surface area contributed by atoms with Crippen LogP contribution < -0.4 is 20.7 Å². The summed E-state index contributed by atoms with van der Waals surface area (Å²) in [5, 5.41) is 8.58. The number of piperidine rings is 1. The minimum Gasteiger partial charge on any atom is -0.495 e. The van der Waals surface area contributed by atoms with Gasteiger partial charge in [0.2, 0.25) is 0 Å². The normalized spacial score (nSPS) is 18.7. The number of thiophene rings is 1. The SMILES string of the molecule is COc1cc(P(C)(C)=O)ccc1NCC#Cc1sc2c(N[C@H]3CCN(C)C[C@H]3F)cccc2c1Br. The fraction of sp³-hybridized carbons (Fsp3) is 0.385. The van der Waals surface area contributed by atoms with Crippen molar-refractivity contribution >= 4 is 61.2 Å². The molecule has 2 heterocycles. The third kappa shape index (κ3) is 6.03. The lowest BCUT2D eigenvalue weighted by atomic mass is 10.0. The molecule has 0 bridgehead atoms. The Morgan fingerprint density at radius 1 is 1.29 bits per heavy atom. The highest BCUT2D eigenvalue weighted by Crippen LogP contribution is 2.40. The van der Waals surface area contributed by atoms with Crippen molar-refractivity contribution in [3.63, 3.8) is 0 Å². The molecule has 2 aromatic carbocycles. The molecule has 0 radical (unpaired) electrons. The zero-order valence-electron chi connectivity index (χ0n) is 20.3. The lowest BCUT2D eigenvalue weighted by Crippen LogP contribution is -2.46. The highest BCUT2D eigenvalue weighted by atomic mass is 79.9. The third-order valence-corrected chi connectivity index (χ3v) is 9.88. The predicted octanol–water partition coefficient (Wildman–Crippen LogP) is 5.84. The molecule has 0 spiro atoms. The number of alkyl halides is 1. The Morgan fingerprint density at radius 2 is 2.09 bits per heavy atom. The smallest absolute Gasteiger partial charge is 0.142 e. The van der Waals surface area contributed by atoms with E-state index >= 15 is 0 Å². The average molecular weight is 578 g/mol. The highest BCUT2D eigenvalue weighted by molar-refractivity contribution is 9.10. The number of fused-ring (bicyclic) bond motifs is 1. The van der Waals surface area contributed by atoms with Crippen LogP contribution in [0.5, 0.6) is 5.75 Å². The van der Waals surface area contributed by atoms with Crippen LogP contribution in [0.2, 0.25) is 0 Å². The highest BCUT2D eigenvalue weighted by Gasteiger charge is 2.28. The van der Waals surface area contributed by atoms with E-state index in [0.717, 1.165) is 49.1 Å². The maximum Gasteiger partial charge on any atom is 0.142 e. The lowest BCUT2D eigenvalue weighted by Gasteiger charge is -2.33. The van der Waals surface area contributed by atoms with Crippen LogP contribution in [0.1, 0.15) is 11.3 Å². The van der Waals surface area contributed by atoms with E-state index in [9.17, 15) is 8.96 Å². The van der Waals surface area contributed by atoms with Gasteiger partial charge in [0.05, 0.1) is 45.1 Å². The Bertz CT molecular complexity index is 1330. The Labute approximate surface area is 218 Å². The average Bonchev–Trinajstić information content (AvgIpc) is 3.14. The van der Waals surface area contributed by atoms with Crippen molar-refractivity contribution in [2.45, 2.75) is 18.6 Å². The molecule has 0 aliphatic carbocycles. The van der Waals surface area contributed by atoms with Gasteiger partial charge in [0, 0.05) is 23.8 Å². The summed E-state index contributed by atoms with van der Waals surface area (Å²) in [5.41, 5.74) is 1.75. The van der Waals surface area contributed by atoms with Crippen LogP contribution >= 0.6 is 34.4 Å².